The van der Waals surface area contributed by atoms with Crippen LogP contribution in [0.5, 0.6) is 0 Å². The fourth-order valence-electron chi connectivity index (χ4n) is 3.49. The van der Waals surface area contributed by atoms with Crippen LogP contribution in [0.15, 0.2) is 84.9 Å². The lowest BCUT2D eigenvalue weighted by atomic mass is 9.87. The molecule has 0 fully saturated rings. The smallest absolute Gasteiger partial charge is 0.336 e. The van der Waals surface area contributed by atoms with Gasteiger partial charge in [-0.05, 0) is 51.2 Å². The number of benzene rings is 4. The standard InChI is InChI=1S/C24H16O4/c25-23(26)17-12-10-16(11-13-17)22-19-9-5-4-8-18(19)21(24(27)28)14-20(22)15-6-2-1-3-7-15/h1-14H,(H,25,26)(H,27,28). The molecule has 0 radical (unpaired) electrons. The molecule has 0 saturated heterocycles. The Balaban J connectivity index is 2.09. The summed E-state index contributed by atoms with van der Waals surface area (Å²) in [7, 11) is 0. The number of carboxylic acid groups (broad SMARTS) is 2. The topological polar surface area (TPSA) is 74.6 Å². The van der Waals surface area contributed by atoms with E-state index in [0.29, 0.717) is 5.39 Å². The van der Waals surface area contributed by atoms with Crippen LogP contribution >= 0.6 is 0 Å². The van der Waals surface area contributed by atoms with Gasteiger partial charge in [0.25, 0.3) is 0 Å². The van der Waals surface area contributed by atoms with Crippen molar-refractivity contribution in [2.75, 3.05) is 0 Å². The van der Waals surface area contributed by atoms with Gasteiger partial charge in [0.1, 0.15) is 0 Å². The maximum absolute atomic E-state index is 11.9. The lowest BCUT2D eigenvalue weighted by molar-refractivity contribution is 0.0687. The molecule has 4 rings (SSSR count). The minimum atomic E-state index is -0.985. The zero-order valence-electron chi connectivity index (χ0n) is 14.8. The number of hydrogen-bond donors (Lipinski definition) is 2. The third-order valence-electron chi connectivity index (χ3n) is 4.78. The average molecular weight is 368 g/mol. The maximum Gasteiger partial charge on any atom is 0.336 e. The highest BCUT2D eigenvalue weighted by Crippen LogP contribution is 2.40. The fraction of sp³-hybridized carbons (Fsp3) is 0. The Morgan fingerprint density at radius 3 is 1.82 bits per heavy atom. The largest absolute Gasteiger partial charge is 0.478 e. The number of carboxylic acids is 2. The average Bonchev–Trinajstić information content (AvgIpc) is 2.73. The van der Waals surface area contributed by atoms with Crippen molar-refractivity contribution in [3.63, 3.8) is 0 Å². The first-order valence-corrected chi connectivity index (χ1v) is 8.74. The van der Waals surface area contributed by atoms with Crippen molar-refractivity contribution in [3.05, 3.63) is 96.1 Å². The quantitative estimate of drug-likeness (QED) is 0.494. The molecule has 0 heterocycles. The summed E-state index contributed by atoms with van der Waals surface area (Å²) < 4.78 is 0. The first kappa shape index (κ1) is 17.5. The molecule has 4 aromatic rings. The van der Waals surface area contributed by atoms with E-state index in [9.17, 15) is 19.8 Å². The Kier molecular flexibility index (Phi) is 4.38. The van der Waals surface area contributed by atoms with Gasteiger partial charge in [-0.25, -0.2) is 9.59 Å². The molecule has 4 aromatic carbocycles. The van der Waals surface area contributed by atoms with Crippen molar-refractivity contribution in [3.8, 4) is 22.3 Å². The summed E-state index contributed by atoms with van der Waals surface area (Å²) >= 11 is 0. The van der Waals surface area contributed by atoms with E-state index in [0.717, 1.165) is 27.6 Å². The van der Waals surface area contributed by atoms with E-state index in [2.05, 4.69) is 0 Å². The van der Waals surface area contributed by atoms with Gasteiger partial charge in [0.2, 0.25) is 0 Å². The van der Waals surface area contributed by atoms with Gasteiger partial charge in [-0.3, -0.25) is 0 Å². The maximum atomic E-state index is 11.9. The Morgan fingerprint density at radius 1 is 0.607 bits per heavy atom. The zero-order chi connectivity index (χ0) is 19.7. The molecule has 4 nitrogen and oxygen atoms in total. The van der Waals surface area contributed by atoms with Crippen molar-refractivity contribution in [1.29, 1.82) is 0 Å². The molecular formula is C24H16O4. The van der Waals surface area contributed by atoms with Crippen molar-refractivity contribution < 1.29 is 19.8 Å². The molecule has 0 spiro atoms. The van der Waals surface area contributed by atoms with Gasteiger partial charge in [-0.2, -0.15) is 0 Å². The molecule has 2 N–H and O–H groups in total. The fourth-order valence-corrected chi connectivity index (χ4v) is 3.49. The van der Waals surface area contributed by atoms with E-state index >= 15 is 0 Å². The van der Waals surface area contributed by atoms with Crippen molar-refractivity contribution >= 4 is 22.7 Å². The van der Waals surface area contributed by atoms with E-state index in [-0.39, 0.29) is 11.1 Å². The third-order valence-corrected chi connectivity index (χ3v) is 4.78. The molecule has 0 amide bonds. The third kappa shape index (κ3) is 3.01. The second-order valence-corrected chi connectivity index (χ2v) is 6.45. The summed E-state index contributed by atoms with van der Waals surface area (Å²) in [5, 5.41) is 20.4. The summed E-state index contributed by atoms with van der Waals surface area (Å²) in [5.74, 6) is -1.97. The molecule has 0 bridgehead atoms. The predicted molar refractivity (Wildman–Crippen MR) is 109 cm³/mol. The highest BCUT2D eigenvalue weighted by Gasteiger charge is 2.18. The van der Waals surface area contributed by atoms with E-state index in [1.54, 1.807) is 36.4 Å². The SMILES string of the molecule is O=C(O)c1ccc(-c2c(-c3ccccc3)cc(C(=O)O)c3ccccc23)cc1. The van der Waals surface area contributed by atoms with Gasteiger partial charge in [0, 0.05) is 0 Å². The molecule has 0 aliphatic rings. The second-order valence-electron chi connectivity index (χ2n) is 6.45. The monoisotopic (exact) mass is 368 g/mol. The summed E-state index contributed by atoms with van der Waals surface area (Å²) in [5.41, 5.74) is 3.84. The van der Waals surface area contributed by atoms with Gasteiger partial charge in [0.05, 0.1) is 11.1 Å². The van der Waals surface area contributed by atoms with Gasteiger partial charge in [-0.15, -0.1) is 0 Å². The molecule has 136 valence electrons. The number of hydrogen-bond acceptors (Lipinski definition) is 2. The molecule has 0 unspecified atom stereocenters. The summed E-state index contributed by atoms with van der Waals surface area (Å²) in [6, 6.07) is 25.3. The number of fused-ring (bicyclic) bond motifs is 1. The molecule has 0 saturated carbocycles. The highest BCUT2D eigenvalue weighted by atomic mass is 16.4. The Morgan fingerprint density at radius 2 is 1.21 bits per heavy atom. The highest BCUT2D eigenvalue weighted by molar-refractivity contribution is 6.13. The number of aromatic carboxylic acids is 2. The van der Waals surface area contributed by atoms with Gasteiger partial charge >= 0.3 is 11.9 Å². The zero-order valence-corrected chi connectivity index (χ0v) is 14.8. The molecule has 28 heavy (non-hydrogen) atoms. The van der Waals surface area contributed by atoms with E-state index in [1.165, 1.54) is 0 Å². The summed E-state index contributed by atoms with van der Waals surface area (Å²) in [4.78, 5) is 23.1. The Hall–Kier alpha value is -3.92. The van der Waals surface area contributed by atoms with Crippen LogP contribution < -0.4 is 0 Å². The van der Waals surface area contributed by atoms with E-state index < -0.39 is 11.9 Å². The van der Waals surface area contributed by atoms with Crippen LogP contribution in [0.1, 0.15) is 20.7 Å². The first-order chi connectivity index (χ1) is 13.6. The minimum absolute atomic E-state index is 0.205. The van der Waals surface area contributed by atoms with Crippen LogP contribution in [0.2, 0.25) is 0 Å². The molecular weight excluding hydrogens is 352 g/mol. The molecule has 0 atom stereocenters. The van der Waals surface area contributed by atoms with Crippen LogP contribution in [-0.2, 0) is 0 Å². The number of carbonyl (C=O) groups is 2. The van der Waals surface area contributed by atoms with Gasteiger partial charge in [-0.1, -0.05) is 66.7 Å². The first-order valence-electron chi connectivity index (χ1n) is 8.74. The lowest BCUT2D eigenvalue weighted by Gasteiger charge is -2.16. The Labute approximate surface area is 161 Å². The predicted octanol–water partition coefficient (Wildman–Crippen LogP) is 5.57. The number of rotatable bonds is 4. The van der Waals surface area contributed by atoms with Crippen molar-refractivity contribution in [2.24, 2.45) is 0 Å². The summed E-state index contributed by atoms with van der Waals surface area (Å²) in [6.07, 6.45) is 0. The van der Waals surface area contributed by atoms with Crippen molar-refractivity contribution in [1.82, 2.24) is 0 Å². The van der Waals surface area contributed by atoms with Gasteiger partial charge < -0.3 is 10.2 Å². The van der Waals surface area contributed by atoms with Crippen LogP contribution in [0.25, 0.3) is 33.0 Å². The van der Waals surface area contributed by atoms with E-state index in [1.807, 2.05) is 48.5 Å². The lowest BCUT2D eigenvalue weighted by Crippen LogP contribution is -2.01. The molecule has 0 aromatic heterocycles. The molecule has 4 heteroatoms. The molecule has 0 aliphatic heterocycles. The molecule has 0 aliphatic carbocycles. The van der Waals surface area contributed by atoms with Crippen LogP contribution in [0.3, 0.4) is 0 Å². The Bertz CT molecular complexity index is 1190. The van der Waals surface area contributed by atoms with Gasteiger partial charge in [0.15, 0.2) is 0 Å². The normalized spacial score (nSPS) is 10.7. The second kappa shape index (κ2) is 7.00. The minimum Gasteiger partial charge on any atom is -0.478 e. The van der Waals surface area contributed by atoms with Crippen molar-refractivity contribution in [2.45, 2.75) is 0 Å². The van der Waals surface area contributed by atoms with Crippen LogP contribution in [-0.4, -0.2) is 22.2 Å². The van der Waals surface area contributed by atoms with Crippen LogP contribution in [0, 0.1) is 0 Å². The van der Waals surface area contributed by atoms with Crippen LogP contribution in [0.4, 0.5) is 0 Å². The summed E-state index contributed by atoms with van der Waals surface area (Å²) in [6.45, 7) is 0. The van der Waals surface area contributed by atoms with E-state index in [4.69, 9.17) is 0 Å².